The molecule has 0 aliphatic carbocycles. The summed E-state index contributed by atoms with van der Waals surface area (Å²) in [5.74, 6) is -0.682. The molecule has 0 saturated carbocycles. The molecule has 1 aromatic carbocycles. The minimum Gasteiger partial charge on any atom is -0.335 e. The highest BCUT2D eigenvalue weighted by atomic mass is 16.6. The van der Waals surface area contributed by atoms with E-state index in [2.05, 4.69) is 10.4 Å². The molecule has 0 saturated heterocycles. The van der Waals surface area contributed by atoms with Gasteiger partial charge < -0.3 is 10.2 Å². The molecular weight excluding hydrogens is 362 g/mol. The number of hydrogen-bond acceptors (Lipinski definition) is 5. The van der Waals surface area contributed by atoms with Crippen LogP contribution in [0.1, 0.15) is 28.1 Å². The van der Waals surface area contributed by atoms with E-state index in [1.54, 1.807) is 6.92 Å². The zero-order chi connectivity index (χ0) is 21.2. The third-order valence-corrected chi connectivity index (χ3v) is 4.56. The van der Waals surface area contributed by atoms with Gasteiger partial charge in [-0.3, -0.25) is 24.4 Å². The second-order valence-corrected chi connectivity index (χ2v) is 7.01. The van der Waals surface area contributed by atoms with Crippen LogP contribution in [0.15, 0.2) is 12.1 Å². The summed E-state index contributed by atoms with van der Waals surface area (Å²) in [4.78, 5) is 36.6. The molecule has 0 fully saturated rings. The first-order chi connectivity index (χ1) is 13.0. The van der Waals surface area contributed by atoms with Crippen molar-refractivity contribution in [2.24, 2.45) is 0 Å². The monoisotopic (exact) mass is 387 g/mol. The SMILES string of the molecule is Cc1cc(C)c(NC(=O)CN(C)C(=O)Cn2nc(C)c([N+](=O)[O-])c2C)c(C)c1. The largest absolute Gasteiger partial charge is 0.335 e. The summed E-state index contributed by atoms with van der Waals surface area (Å²) >= 11 is 0. The van der Waals surface area contributed by atoms with E-state index in [9.17, 15) is 19.7 Å². The Labute approximate surface area is 163 Å². The Bertz CT molecular complexity index is 925. The molecule has 0 aliphatic heterocycles. The number of likely N-dealkylation sites (N-methyl/N-ethyl adjacent to an activating group) is 1. The van der Waals surface area contributed by atoms with Crippen molar-refractivity contribution in [3.8, 4) is 0 Å². The van der Waals surface area contributed by atoms with Crippen LogP contribution < -0.4 is 5.32 Å². The van der Waals surface area contributed by atoms with Crippen molar-refractivity contribution in [2.45, 2.75) is 41.2 Å². The van der Waals surface area contributed by atoms with Gasteiger partial charge in [0.05, 0.1) is 11.5 Å². The lowest BCUT2D eigenvalue weighted by Crippen LogP contribution is -2.37. The maximum Gasteiger partial charge on any atom is 0.312 e. The predicted molar refractivity (Wildman–Crippen MR) is 105 cm³/mol. The summed E-state index contributed by atoms with van der Waals surface area (Å²) in [7, 11) is 1.51. The maximum atomic E-state index is 12.4. The number of benzene rings is 1. The molecule has 1 N–H and O–H groups in total. The number of carbonyl (C=O) groups is 2. The Kier molecular flexibility index (Phi) is 6.17. The van der Waals surface area contributed by atoms with Gasteiger partial charge in [-0.1, -0.05) is 17.7 Å². The number of amides is 2. The van der Waals surface area contributed by atoms with E-state index >= 15 is 0 Å². The topological polar surface area (TPSA) is 110 Å². The number of rotatable bonds is 6. The summed E-state index contributed by atoms with van der Waals surface area (Å²) in [6.07, 6.45) is 0. The summed E-state index contributed by atoms with van der Waals surface area (Å²) in [5, 5.41) is 18.0. The minimum atomic E-state index is -0.512. The van der Waals surface area contributed by atoms with Crippen LogP contribution in [0.3, 0.4) is 0 Å². The maximum absolute atomic E-state index is 12.4. The molecule has 2 amide bonds. The zero-order valence-corrected chi connectivity index (χ0v) is 17.0. The first-order valence-corrected chi connectivity index (χ1v) is 8.81. The van der Waals surface area contributed by atoms with Crippen LogP contribution in [-0.2, 0) is 16.1 Å². The van der Waals surface area contributed by atoms with Crippen LogP contribution in [0.25, 0.3) is 0 Å². The second-order valence-electron chi connectivity index (χ2n) is 7.01. The molecule has 2 rings (SSSR count). The molecular formula is C19H25N5O4. The van der Waals surface area contributed by atoms with Crippen LogP contribution in [-0.4, -0.2) is 45.0 Å². The van der Waals surface area contributed by atoms with Gasteiger partial charge in [-0.15, -0.1) is 0 Å². The quantitative estimate of drug-likeness (QED) is 0.604. The molecule has 0 aliphatic rings. The lowest BCUT2D eigenvalue weighted by molar-refractivity contribution is -0.386. The first-order valence-electron chi connectivity index (χ1n) is 8.81. The number of nitro groups is 1. The molecule has 0 spiro atoms. The summed E-state index contributed by atoms with van der Waals surface area (Å²) in [5.41, 5.74) is 4.22. The highest BCUT2D eigenvalue weighted by molar-refractivity contribution is 5.95. The van der Waals surface area contributed by atoms with Crippen molar-refractivity contribution >= 4 is 23.2 Å². The number of hydrogen-bond donors (Lipinski definition) is 1. The predicted octanol–water partition coefficient (Wildman–Crippen LogP) is 2.43. The van der Waals surface area contributed by atoms with Crippen LogP contribution in [0, 0.1) is 44.7 Å². The fourth-order valence-electron chi connectivity index (χ4n) is 3.21. The van der Waals surface area contributed by atoms with E-state index in [4.69, 9.17) is 0 Å². The van der Waals surface area contributed by atoms with Crippen molar-refractivity contribution in [3.05, 3.63) is 50.3 Å². The zero-order valence-electron chi connectivity index (χ0n) is 17.0. The Morgan fingerprint density at radius 3 is 2.25 bits per heavy atom. The van der Waals surface area contributed by atoms with Gasteiger partial charge in [0.25, 0.3) is 0 Å². The van der Waals surface area contributed by atoms with Gasteiger partial charge in [-0.25, -0.2) is 0 Å². The number of nitrogens with zero attached hydrogens (tertiary/aromatic N) is 4. The van der Waals surface area contributed by atoms with Crippen molar-refractivity contribution in [3.63, 3.8) is 0 Å². The lowest BCUT2D eigenvalue weighted by atomic mass is 10.1. The minimum absolute atomic E-state index is 0.0986. The van der Waals surface area contributed by atoms with Crippen molar-refractivity contribution in [2.75, 3.05) is 18.9 Å². The molecule has 1 aromatic heterocycles. The molecule has 1 heterocycles. The van der Waals surface area contributed by atoms with Gasteiger partial charge in [0.2, 0.25) is 11.8 Å². The standard InChI is InChI=1S/C19H25N5O4/c1-11-7-12(2)18(13(3)8-11)20-16(25)9-22(6)17(26)10-23-15(5)19(24(27)28)14(4)21-23/h7-8H,9-10H2,1-6H3,(H,20,25). The number of carbonyl (C=O) groups excluding carboxylic acids is 2. The van der Waals surface area contributed by atoms with Crippen LogP contribution in [0.4, 0.5) is 11.4 Å². The van der Waals surface area contributed by atoms with Crippen molar-refractivity contribution in [1.82, 2.24) is 14.7 Å². The van der Waals surface area contributed by atoms with Gasteiger partial charge in [-0.2, -0.15) is 5.10 Å². The van der Waals surface area contributed by atoms with Crippen LogP contribution >= 0.6 is 0 Å². The number of aromatic nitrogens is 2. The first kappa shape index (κ1) is 21.1. The Hall–Kier alpha value is -3.23. The number of anilines is 1. The van der Waals surface area contributed by atoms with Crippen LogP contribution in [0.2, 0.25) is 0 Å². The molecule has 9 heteroatoms. The number of nitrogens with one attached hydrogen (secondary N) is 1. The summed E-state index contributed by atoms with van der Waals surface area (Å²) < 4.78 is 1.29. The van der Waals surface area contributed by atoms with Gasteiger partial charge in [0, 0.05) is 12.7 Å². The van der Waals surface area contributed by atoms with E-state index in [-0.39, 0.29) is 36.3 Å². The van der Waals surface area contributed by atoms with Gasteiger partial charge in [0.1, 0.15) is 17.9 Å². The summed E-state index contributed by atoms with van der Waals surface area (Å²) in [6, 6.07) is 3.96. The average Bonchev–Trinajstić information content (AvgIpc) is 2.84. The normalized spacial score (nSPS) is 10.6. The Balaban J connectivity index is 2.04. The molecule has 0 unspecified atom stereocenters. The van der Waals surface area contributed by atoms with Crippen LogP contribution in [0.5, 0.6) is 0 Å². The molecule has 0 radical (unpaired) electrons. The van der Waals surface area contributed by atoms with E-state index < -0.39 is 4.92 Å². The fourth-order valence-corrected chi connectivity index (χ4v) is 3.21. The Morgan fingerprint density at radius 2 is 1.75 bits per heavy atom. The van der Waals surface area contributed by atoms with Gasteiger partial charge in [-0.05, 0) is 45.7 Å². The van der Waals surface area contributed by atoms with Gasteiger partial charge >= 0.3 is 5.69 Å². The molecule has 2 aromatic rings. The Morgan fingerprint density at radius 1 is 1.18 bits per heavy atom. The molecule has 28 heavy (non-hydrogen) atoms. The van der Waals surface area contributed by atoms with E-state index in [1.807, 2.05) is 32.9 Å². The average molecular weight is 387 g/mol. The van der Waals surface area contributed by atoms with Gasteiger partial charge in [0.15, 0.2) is 0 Å². The fraction of sp³-hybridized carbons (Fsp3) is 0.421. The second kappa shape index (κ2) is 8.20. The molecule has 9 nitrogen and oxygen atoms in total. The highest BCUT2D eigenvalue weighted by Crippen LogP contribution is 2.23. The molecule has 150 valence electrons. The van der Waals surface area contributed by atoms with E-state index in [0.29, 0.717) is 5.69 Å². The lowest BCUT2D eigenvalue weighted by Gasteiger charge is -2.18. The number of aryl methyl sites for hydroxylation is 4. The summed E-state index contributed by atoms with van der Waals surface area (Å²) in [6.45, 7) is 8.58. The third kappa shape index (κ3) is 4.54. The van der Waals surface area contributed by atoms with Crippen molar-refractivity contribution < 1.29 is 14.5 Å². The highest BCUT2D eigenvalue weighted by Gasteiger charge is 2.24. The van der Waals surface area contributed by atoms with E-state index in [1.165, 1.54) is 23.6 Å². The third-order valence-electron chi connectivity index (χ3n) is 4.56. The smallest absolute Gasteiger partial charge is 0.312 e. The van der Waals surface area contributed by atoms with Crippen molar-refractivity contribution in [1.29, 1.82) is 0 Å². The molecule has 0 bridgehead atoms. The van der Waals surface area contributed by atoms with E-state index in [0.717, 1.165) is 22.4 Å². The molecule has 0 atom stereocenters.